The van der Waals surface area contributed by atoms with Crippen molar-refractivity contribution < 1.29 is 82.7 Å². The number of aliphatic hydroxyl groups excluding tert-OH is 2. The fourth-order valence-corrected chi connectivity index (χ4v) is 8.82. The van der Waals surface area contributed by atoms with E-state index in [-0.39, 0.29) is 29.8 Å². The molecule has 2 aromatic carbocycles. The van der Waals surface area contributed by atoms with E-state index in [9.17, 15) is 54.3 Å². The second-order valence-electron chi connectivity index (χ2n) is 14.7. The number of fused-ring (bicyclic) bond motifs is 5. The van der Waals surface area contributed by atoms with Crippen molar-refractivity contribution in [1.29, 1.82) is 0 Å². The molecule has 6 N–H and O–H groups in total. The highest BCUT2D eigenvalue weighted by molar-refractivity contribution is 6.31. The standard InChI is InChI=1S/C39H41NO17/c1-13-9-16-10-22(43)39(54-6)35(49)26-18(34(48)38(39,51)27(16)30(46)24(13)37(50)53-5)11-17-25(29(26)45)21(42)12-19(28(17)44)40-36-33(52-4)31(47)32(15(3)56-36)57-23-8-7-20(41)14(2)55-23/h9,11-12,14-15,22-23,31-33,36,40,43,45-47,51H,7-8,10H2,1-6H3/t14-,15-,22+,23?,31+,32-,33+,36?,38-,39+/m0/s1. The highest BCUT2D eigenvalue weighted by atomic mass is 16.7. The molecule has 57 heavy (non-hydrogen) atoms. The summed E-state index contributed by atoms with van der Waals surface area (Å²) in [4.78, 5) is 81.7. The number of carbonyl (C=O) groups excluding carboxylic acids is 6. The van der Waals surface area contributed by atoms with Crippen molar-refractivity contribution in [1.82, 2.24) is 5.32 Å². The minimum atomic E-state index is -3.26. The topological polar surface area (TPSA) is 271 Å². The summed E-state index contributed by atoms with van der Waals surface area (Å²) in [5, 5.41) is 61.2. The van der Waals surface area contributed by atoms with E-state index < -0.39 is 146 Å². The molecule has 18 nitrogen and oxygen atoms in total. The molecule has 2 unspecified atom stereocenters. The van der Waals surface area contributed by atoms with Crippen LogP contribution in [-0.2, 0) is 45.2 Å². The molecule has 3 aliphatic carbocycles. The van der Waals surface area contributed by atoms with Gasteiger partial charge in [-0.25, -0.2) is 4.79 Å². The van der Waals surface area contributed by atoms with Crippen molar-refractivity contribution in [3.8, 4) is 11.5 Å². The molecule has 2 saturated heterocycles. The fourth-order valence-electron chi connectivity index (χ4n) is 8.82. The number of nitrogens with one attached hydrogen (secondary N) is 1. The lowest BCUT2D eigenvalue weighted by Crippen LogP contribution is -2.73. The first-order chi connectivity index (χ1) is 26.9. The number of aromatic hydroxyl groups is 2. The molecule has 7 rings (SSSR count). The Kier molecular flexibility index (Phi) is 10.0. The first-order valence-corrected chi connectivity index (χ1v) is 18.1. The number of benzene rings is 2. The largest absolute Gasteiger partial charge is 0.507 e. The van der Waals surface area contributed by atoms with E-state index in [0.717, 1.165) is 26.4 Å². The summed E-state index contributed by atoms with van der Waals surface area (Å²) in [6.07, 6.45) is -8.46. The van der Waals surface area contributed by atoms with Crippen molar-refractivity contribution in [2.24, 2.45) is 0 Å². The normalized spacial score (nSPS) is 33.5. The maximum absolute atomic E-state index is 14.7. The van der Waals surface area contributed by atoms with Crippen molar-refractivity contribution in [2.75, 3.05) is 21.3 Å². The van der Waals surface area contributed by atoms with Crippen molar-refractivity contribution in [3.05, 3.63) is 68.4 Å². The number of hydrogen-bond donors (Lipinski definition) is 6. The number of ketones is 5. The molecule has 2 heterocycles. The van der Waals surface area contributed by atoms with Crippen molar-refractivity contribution >= 4 is 34.9 Å². The zero-order valence-corrected chi connectivity index (χ0v) is 31.6. The number of phenolic OH excluding ortho intramolecular Hbond substituents is 2. The monoisotopic (exact) mass is 795 g/mol. The predicted octanol–water partition coefficient (Wildman–Crippen LogP) is 0.214. The molecule has 0 radical (unpaired) electrons. The van der Waals surface area contributed by atoms with Crippen LogP contribution in [-0.4, -0.2) is 136 Å². The SMILES string of the molecule is COC(=O)c1c(C)cc2c(c1O)[C@]1(O)C(=O)c3cc4c(c(O)c3C(=O)[C@]1(OC)[C@H](O)C2)C(=O)C=C(NC1O[C@@H](C)[C@H](OC2CCC(=O)[C@H](C)O2)[C@@H](O)[C@H]1OC)C4=O. The van der Waals surface area contributed by atoms with Gasteiger partial charge in [0.05, 0.1) is 36.1 Å². The molecule has 10 atom stereocenters. The van der Waals surface area contributed by atoms with E-state index in [1.807, 2.05) is 0 Å². The van der Waals surface area contributed by atoms with E-state index in [0.29, 0.717) is 0 Å². The summed E-state index contributed by atoms with van der Waals surface area (Å²) in [5.41, 5.74) is -10.4. The zero-order chi connectivity index (χ0) is 41.6. The maximum atomic E-state index is 14.7. The van der Waals surface area contributed by atoms with Crippen LogP contribution < -0.4 is 5.32 Å². The second kappa shape index (κ2) is 14.2. The Hall–Kier alpha value is -4.92. The lowest BCUT2D eigenvalue weighted by Gasteiger charge is -2.52. The molecule has 0 saturated carbocycles. The van der Waals surface area contributed by atoms with Crippen LogP contribution in [0.25, 0.3) is 0 Å². The molecule has 18 heteroatoms. The highest BCUT2D eigenvalue weighted by Crippen LogP contribution is 2.56. The van der Waals surface area contributed by atoms with Gasteiger partial charge in [-0.05, 0) is 38.0 Å². The van der Waals surface area contributed by atoms with Gasteiger partial charge < -0.3 is 59.3 Å². The van der Waals surface area contributed by atoms with Gasteiger partial charge in [-0.15, -0.1) is 0 Å². The summed E-state index contributed by atoms with van der Waals surface area (Å²) >= 11 is 0. The average Bonchev–Trinajstić information content (AvgIpc) is 3.15. The number of allylic oxidation sites excluding steroid dienone is 2. The van der Waals surface area contributed by atoms with Crippen molar-refractivity contribution in [2.45, 2.75) is 100 Å². The molecular weight excluding hydrogens is 754 g/mol. The van der Waals surface area contributed by atoms with Gasteiger partial charge in [-0.2, -0.15) is 0 Å². The molecule has 0 bridgehead atoms. The Morgan fingerprint density at radius 2 is 1.63 bits per heavy atom. The van der Waals surface area contributed by atoms with Crippen LogP contribution in [0.2, 0.25) is 0 Å². The predicted molar refractivity (Wildman–Crippen MR) is 189 cm³/mol. The van der Waals surface area contributed by atoms with E-state index >= 15 is 0 Å². The Morgan fingerprint density at radius 1 is 0.930 bits per heavy atom. The van der Waals surface area contributed by atoms with Crippen LogP contribution in [0.4, 0.5) is 0 Å². The Labute approximate surface area is 324 Å². The number of ether oxygens (including phenoxy) is 6. The minimum Gasteiger partial charge on any atom is -0.507 e. The number of aliphatic hydroxyl groups is 3. The van der Waals surface area contributed by atoms with E-state index in [1.54, 1.807) is 13.8 Å². The van der Waals surface area contributed by atoms with Gasteiger partial charge in [0.15, 0.2) is 35.3 Å². The number of phenols is 2. The Morgan fingerprint density at radius 3 is 2.26 bits per heavy atom. The van der Waals surface area contributed by atoms with Crippen molar-refractivity contribution in [3.63, 3.8) is 0 Å². The Bertz CT molecular complexity index is 2180. The van der Waals surface area contributed by atoms with E-state index in [2.05, 4.69) is 5.32 Å². The molecule has 304 valence electrons. The quantitative estimate of drug-likeness (QED) is 0.205. The second-order valence-corrected chi connectivity index (χ2v) is 14.7. The van der Waals surface area contributed by atoms with Gasteiger partial charge in [-0.3, -0.25) is 24.0 Å². The summed E-state index contributed by atoms with van der Waals surface area (Å²) in [6.45, 7) is 4.61. The molecule has 5 aliphatic rings. The molecule has 2 aromatic rings. The number of esters is 1. The molecule has 0 spiro atoms. The highest BCUT2D eigenvalue weighted by Gasteiger charge is 2.72. The first kappa shape index (κ1) is 40.3. The van der Waals surface area contributed by atoms with Gasteiger partial charge in [0.2, 0.25) is 17.3 Å². The van der Waals surface area contributed by atoms with Gasteiger partial charge in [0.1, 0.15) is 41.5 Å². The van der Waals surface area contributed by atoms with Crippen LogP contribution in [0.5, 0.6) is 11.5 Å². The summed E-state index contributed by atoms with van der Waals surface area (Å²) in [7, 11) is 3.21. The summed E-state index contributed by atoms with van der Waals surface area (Å²) in [5.74, 6) is -7.93. The third-order valence-electron chi connectivity index (χ3n) is 11.6. The first-order valence-electron chi connectivity index (χ1n) is 18.1. The number of aryl methyl sites for hydroxylation is 1. The van der Waals surface area contributed by atoms with Crippen LogP contribution in [0.3, 0.4) is 0 Å². The lowest BCUT2D eigenvalue weighted by molar-refractivity contribution is -0.288. The summed E-state index contributed by atoms with van der Waals surface area (Å²) < 4.78 is 33.4. The zero-order valence-electron chi connectivity index (χ0n) is 31.6. The number of hydrogen-bond acceptors (Lipinski definition) is 18. The lowest BCUT2D eigenvalue weighted by atomic mass is 9.56. The molecule has 2 fully saturated rings. The van der Waals surface area contributed by atoms with Gasteiger partial charge in [0, 0.05) is 56.2 Å². The Balaban J connectivity index is 1.26. The van der Waals surface area contributed by atoms with E-state index in [4.69, 9.17) is 28.4 Å². The van der Waals surface area contributed by atoms with Gasteiger partial charge in [-0.1, -0.05) is 6.07 Å². The average molecular weight is 796 g/mol. The number of methoxy groups -OCH3 is 3. The van der Waals surface area contributed by atoms with Crippen LogP contribution >= 0.6 is 0 Å². The third kappa shape index (κ3) is 5.61. The number of Topliss-reactive ketones (excluding diaryl/α,β-unsaturated/α-hetero) is 4. The molecule has 2 aliphatic heterocycles. The van der Waals surface area contributed by atoms with Gasteiger partial charge >= 0.3 is 5.97 Å². The van der Waals surface area contributed by atoms with Crippen LogP contribution in [0.1, 0.15) is 95.2 Å². The number of carbonyl (C=O) groups is 6. The van der Waals surface area contributed by atoms with Crippen LogP contribution in [0, 0.1) is 6.92 Å². The van der Waals surface area contributed by atoms with Crippen LogP contribution in [0.15, 0.2) is 23.9 Å². The minimum absolute atomic E-state index is 0.0204. The fraction of sp³-hybridized carbons (Fsp3) is 0.487. The molecule has 0 amide bonds. The maximum Gasteiger partial charge on any atom is 0.341 e. The third-order valence-corrected chi connectivity index (χ3v) is 11.6. The number of rotatable bonds is 7. The molecular formula is C39H41NO17. The smallest absolute Gasteiger partial charge is 0.341 e. The van der Waals surface area contributed by atoms with E-state index in [1.165, 1.54) is 20.1 Å². The summed E-state index contributed by atoms with van der Waals surface area (Å²) in [6, 6.07) is 2.15. The van der Waals surface area contributed by atoms with Gasteiger partial charge in [0.25, 0.3) is 0 Å². The molecule has 0 aromatic heterocycles.